The summed E-state index contributed by atoms with van der Waals surface area (Å²) in [6, 6.07) is 6.27. The van der Waals surface area contributed by atoms with E-state index in [1.165, 1.54) is 0 Å². The molecule has 3 atom stereocenters. The second kappa shape index (κ2) is 7.07. The Hall–Kier alpha value is -2.51. The van der Waals surface area contributed by atoms with Crippen molar-refractivity contribution in [2.45, 2.75) is 57.4 Å². The molecule has 2 fully saturated rings. The van der Waals surface area contributed by atoms with Crippen LogP contribution in [0.4, 0.5) is 0 Å². The van der Waals surface area contributed by atoms with Gasteiger partial charge in [-0.2, -0.15) is 5.10 Å². The summed E-state index contributed by atoms with van der Waals surface area (Å²) < 4.78 is 14.3. The summed E-state index contributed by atoms with van der Waals surface area (Å²) >= 11 is 0. The number of nitrogens with one attached hydrogen (secondary N) is 1. The van der Waals surface area contributed by atoms with Crippen LogP contribution in [0.15, 0.2) is 36.8 Å². The zero-order valence-electron chi connectivity index (χ0n) is 17.1. The number of pyridine rings is 2. The molecule has 0 radical (unpaired) electrons. The first kappa shape index (κ1) is 18.5. The van der Waals surface area contributed by atoms with Crippen molar-refractivity contribution in [1.82, 2.24) is 25.1 Å². The fourth-order valence-corrected chi connectivity index (χ4v) is 4.10. The van der Waals surface area contributed by atoms with E-state index >= 15 is 0 Å². The number of fused-ring (bicyclic) bond motifs is 3. The van der Waals surface area contributed by atoms with Crippen LogP contribution in [0.1, 0.15) is 33.6 Å². The number of aromatic nitrogens is 4. The molecule has 1 N–H and O–H groups in total. The fraction of sp³-hybridized carbons (Fsp3) is 0.500. The summed E-state index contributed by atoms with van der Waals surface area (Å²) in [6.45, 7) is 7.87. The number of rotatable bonds is 4. The van der Waals surface area contributed by atoms with Crippen molar-refractivity contribution in [1.29, 1.82) is 0 Å². The van der Waals surface area contributed by atoms with Crippen LogP contribution in [0, 0.1) is 0 Å². The summed E-state index contributed by atoms with van der Waals surface area (Å²) in [5, 5.41) is 8.96. The lowest BCUT2D eigenvalue weighted by Crippen LogP contribution is -2.41. The number of nitrogens with zero attached hydrogens (tertiary/aromatic N) is 4. The lowest BCUT2D eigenvalue weighted by Gasteiger charge is -2.20. The van der Waals surface area contributed by atoms with Crippen LogP contribution in [0.25, 0.3) is 22.2 Å². The molecule has 2 aliphatic heterocycles. The lowest BCUT2D eigenvalue weighted by atomic mass is 10.0. The summed E-state index contributed by atoms with van der Waals surface area (Å²) in [4.78, 5) is 9.35. The topological polar surface area (TPSA) is 74.1 Å². The van der Waals surface area contributed by atoms with Crippen molar-refractivity contribution in [2.75, 3.05) is 13.2 Å². The van der Waals surface area contributed by atoms with Gasteiger partial charge in [-0.3, -0.25) is 9.67 Å². The van der Waals surface area contributed by atoms with Crippen LogP contribution in [0.3, 0.4) is 0 Å². The zero-order valence-corrected chi connectivity index (χ0v) is 17.1. The minimum atomic E-state index is -0.0860. The minimum Gasteiger partial charge on any atom is -0.474 e. The highest BCUT2D eigenvalue weighted by molar-refractivity contribution is 5.86. The van der Waals surface area contributed by atoms with Crippen LogP contribution >= 0.6 is 0 Å². The van der Waals surface area contributed by atoms with Crippen molar-refractivity contribution in [3.8, 4) is 17.1 Å². The maximum atomic E-state index is 6.20. The van der Waals surface area contributed by atoms with Gasteiger partial charge in [-0.05, 0) is 58.4 Å². The molecule has 2 saturated heterocycles. The highest BCUT2D eigenvalue weighted by Gasteiger charge is 2.38. The molecule has 152 valence electrons. The smallest absolute Gasteiger partial charge is 0.223 e. The molecule has 29 heavy (non-hydrogen) atoms. The molecule has 0 unspecified atom stereocenters. The highest BCUT2D eigenvalue weighted by Crippen LogP contribution is 2.31. The Kier molecular flexibility index (Phi) is 4.52. The molecule has 0 spiro atoms. The van der Waals surface area contributed by atoms with Gasteiger partial charge in [-0.15, -0.1) is 0 Å². The minimum absolute atomic E-state index is 0.0586. The van der Waals surface area contributed by atoms with Gasteiger partial charge in [0.25, 0.3) is 0 Å². The summed E-state index contributed by atoms with van der Waals surface area (Å²) in [6.07, 6.45) is 8.22. The first-order valence-electron chi connectivity index (χ1n) is 10.3. The predicted molar refractivity (Wildman–Crippen MR) is 111 cm³/mol. The molecule has 0 amide bonds. The average molecular weight is 393 g/mol. The predicted octanol–water partition coefficient (Wildman–Crippen LogP) is 3.15. The van der Waals surface area contributed by atoms with Gasteiger partial charge in [0, 0.05) is 24.0 Å². The van der Waals surface area contributed by atoms with Crippen LogP contribution < -0.4 is 10.1 Å². The van der Waals surface area contributed by atoms with Gasteiger partial charge in [-0.25, -0.2) is 4.98 Å². The molecule has 2 bridgehead atoms. The molecule has 2 aliphatic rings. The van der Waals surface area contributed by atoms with E-state index in [2.05, 4.69) is 36.2 Å². The van der Waals surface area contributed by atoms with Gasteiger partial charge >= 0.3 is 0 Å². The third kappa shape index (κ3) is 3.60. The van der Waals surface area contributed by atoms with Gasteiger partial charge in [0.15, 0.2) is 0 Å². The summed E-state index contributed by atoms with van der Waals surface area (Å²) in [5.74, 6) is 0.596. The van der Waals surface area contributed by atoms with E-state index in [1.807, 2.05) is 35.3 Å². The monoisotopic (exact) mass is 393 g/mol. The molecule has 5 heterocycles. The van der Waals surface area contributed by atoms with Crippen molar-refractivity contribution in [2.24, 2.45) is 0 Å². The van der Waals surface area contributed by atoms with Crippen molar-refractivity contribution in [3.63, 3.8) is 0 Å². The Morgan fingerprint density at radius 1 is 1.34 bits per heavy atom. The molecule has 0 aromatic carbocycles. The number of ether oxygens (including phenoxy) is 2. The molecular weight excluding hydrogens is 366 g/mol. The molecule has 0 aliphatic carbocycles. The molecule has 0 saturated carbocycles. The number of hydrogen-bond donors (Lipinski definition) is 1. The van der Waals surface area contributed by atoms with Crippen LogP contribution in [-0.2, 0) is 10.3 Å². The standard InChI is InChI=1S/C22H27N5O2/c1-22(2,3)27-12-14(11-25-27)17-10-18-16(5-4-7-23-18)21(26-17)28-13-20-19-9-15(29-20)6-8-24-19/h4-5,7,10-12,15,19-20,24H,6,8-9,13H2,1-3H3/t15-,19+,20+/m0/s1. The van der Waals surface area contributed by atoms with E-state index in [0.29, 0.717) is 24.6 Å². The van der Waals surface area contributed by atoms with Crippen molar-refractivity contribution in [3.05, 3.63) is 36.8 Å². The third-order valence-electron chi connectivity index (χ3n) is 5.72. The van der Waals surface area contributed by atoms with Gasteiger partial charge < -0.3 is 14.8 Å². The normalized spacial score (nSPS) is 24.2. The van der Waals surface area contributed by atoms with E-state index in [9.17, 15) is 0 Å². The van der Waals surface area contributed by atoms with Crippen LogP contribution in [0.2, 0.25) is 0 Å². The maximum absolute atomic E-state index is 6.20. The van der Waals surface area contributed by atoms with Crippen LogP contribution in [0.5, 0.6) is 5.88 Å². The van der Waals surface area contributed by atoms with Crippen molar-refractivity contribution >= 4 is 10.9 Å². The Balaban J connectivity index is 1.45. The first-order chi connectivity index (χ1) is 14.0. The third-order valence-corrected chi connectivity index (χ3v) is 5.72. The Morgan fingerprint density at radius 3 is 3.03 bits per heavy atom. The van der Waals surface area contributed by atoms with E-state index in [4.69, 9.17) is 14.5 Å². The molecule has 3 aromatic rings. The van der Waals surface area contributed by atoms with Crippen LogP contribution in [-0.4, -0.2) is 51.1 Å². The second-order valence-corrected chi connectivity index (χ2v) is 8.92. The average Bonchev–Trinajstić information content (AvgIpc) is 3.31. The number of hydrogen-bond acceptors (Lipinski definition) is 6. The summed E-state index contributed by atoms with van der Waals surface area (Å²) in [5.41, 5.74) is 2.54. The van der Waals surface area contributed by atoms with Gasteiger partial charge in [0.05, 0.1) is 34.4 Å². The van der Waals surface area contributed by atoms with E-state index in [-0.39, 0.29) is 11.6 Å². The van der Waals surface area contributed by atoms with Gasteiger partial charge in [-0.1, -0.05) is 0 Å². The quantitative estimate of drug-likeness (QED) is 0.734. The Labute approximate surface area is 170 Å². The lowest BCUT2D eigenvalue weighted by molar-refractivity contribution is 0.0184. The zero-order chi connectivity index (χ0) is 20.0. The Morgan fingerprint density at radius 2 is 2.24 bits per heavy atom. The SMILES string of the molecule is CC(C)(C)n1cc(-c2cc3ncccc3c(OC[C@H]3O[C@H]4CCN[C@@H]3C4)n2)cn1. The molecule has 3 aromatic heterocycles. The molecule has 7 heteroatoms. The fourth-order valence-electron chi connectivity index (χ4n) is 4.10. The highest BCUT2D eigenvalue weighted by atomic mass is 16.5. The van der Waals surface area contributed by atoms with Gasteiger partial charge in [0.2, 0.25) is 5.88 Å². The maximum Gasteiger partial charge on any atom is 0.223 e. The van der Waals surface area contributed by atoms with E-state index < -0.39 is 0 Å². The molecule has 5 rings (SSSR count). The first-order valence-corrected chi connectivity index (χ1v) is 10.3. The Bertz CT molecular complexity index is 1030. The molecular formula is C22H27N5O2. The van der Waals surface area contributed by atoms with Crippen molar-refractivity contribution < 1.29 is 9.47 Å². The second-order valence-electron chi connectivity index (χ2n) is 8.92. The largest absolute Gasteiger partial charge is 0.474 e. The van der Waals surface area contributed by atoms with Gasteiger partial charge in [0.1, 0.15) is 12.7 Å². The molecule has 7 nitrogen and oxygen atoms in total. The summed E-state index contributed by atoms with van der Waals surface area (Å²) in [7, 11) is 0. The number of piperidine rings is 1. The van der Waals surface area contributed by atoms with E-state index in [0.717, 1.165) is 41.5 Å². The van der Waals surface area contributed by atoms with E-state index in [1.54, 1.807) is 6.20 Å².